The molecule has 0 rings (SSSR count). The molecule has 0 spiro atoms. The van der Waals surface area contributed by atoms with Crippen molar-refractivity contribution < 1.29 is 14.6 Å². The van der Waals surface area contributed by atoms with Gasteiger partial charge in [-0.2, -0.15) is 0 Å². The van der Waals surface area contributed by atoms with E-state index in [9.17, 15) is 4.79 Å². The van der Waals surface area contributed by atoms with Gasteiger partial charge in [-0.25, -0.2) is 0 Å². The second-order valence-electron chi connectivity index (χ2n) is 1.96. The Morgan fingerprint density at radius 2 is 2.50 bits per heavy atom. The van der Waals surface area contributed by atoms with Crippen LogP contribution in [0.25, 0.3) is 0 Å². The zero-order valence-corrected chi connectivity index (χ0v) is 6.04. The summed E-state index contributed by atoms with van der Waals surface area (Å²) in [6, 6.07) is 0. The van der Waals surface area contributed by atoms with E-state index >= 15 is 0 Å². The largest absolute Gasteiger partial charge is 0.481 e. The van der Waals surface area contributed by atoms with Crippen LogP contribution in [0.1, 0.15) is 13.3 Å². The van der Waals surface area contributed by atoms with Crippen LogP contribution in [0.2, 0.25) is 0 Å². The third kappa shape index (κ3) is 5.31. The van der Waals surface area contributed by atoms with Crippen LogP contribution < -0.4 is 0 Å². The lowest BCUT2D eigenvalue weighted by Crippen LogP contribution is -2.08. The second kappa shape index (κ2) is 4.99. The summed E-state index contributed by atoms with van der Waals surface area (Å²) in [6.07, 6.45) is 1.62. The van der Waals surface area contributed by atoms with Crippen molar-refractivity contribution in [1.82, 2.24) is 0 Å². The number of hydrogen-bond acceptors (Lipinski definition) is 2. The first-order chi connectivity index (χ1) is 4.66. The summed E-state index contributed by atoms with van der Waals surface area (Å²) in [5.41, 5.74) is 0. The average molecular weight is 144 g/mol. The highest BCUT2D eigenvalue weighted by atomic mass is 16.5. The van der Waals surface area contributed by atoms with Gasteiger partial charge in [0.25, 0.3) is 0 Å². The first kappa shape index (κ1) is 9.17. The number of hydrogen-bond donors (Lipinski definition) is 1. The van der Waals surface area contributed by atoms with Crippen molar-refractivity contribution in [3.63, 3.8) is 0 Å². The Bertz CT molecular complexity index is 120. The van der Waals surface area contributed by atoms with Crippen molar-refractivity contribution in [3.8, 4) is 0 Å². The molecule has 0 aliphatic rings. The molecule has 0 radical (unpaired) electrons. The molecule has 0 aromatic carbocycles. The summed E-state index contributed by atoms with van der Waals surface area (Å²) in [4.78, 5) is 9.96. The van der Waals surface area contributed by atoms with Crippen molar-refractivity contribution in [2.24, 2.45) is 0 Å². The quantitative estimate of drug-likeness (QED) is 0.587. The fourth-order valence-corrected chi connectivity index (χ4v) is 0.400. The minimum Gasteiger partial charge on any atom is -0.481 e. The first-order valence-corrected chi connectivity index (χ1v) is 3.12. The molecule has 1 N–H and O–H groups in total. The molecule has 0 aromatic rings. The zero-order valence-electron chi connectivity index (χ0n) is 6.04. The van der Waals surface area contributed by atoms with Crippen molar-refractivity contribution in [2.75, 3.05) is 6.61 Å². The minimum atomic E-state index is -0.837. The minimum absolute atomic E-state index is 0.0537. The van der Waals surface area contributed by atoms with Gasteiger partial charge in [-0.3, -0.25) is 4.79 Å². The molecular weight excluding hydrogens is 132 g/mol. The van der Waals surface area contributed by atoms with Crippen molar-refractivity contribution in [2.45, 2.75) is 19.4 Å². The Labute approximate surface area is 60.3 Å². The molecule has 10 heavy (non-hydrogen) atoms. The Balaban J connectivity index is 3.19. The van der Waals surface area contributed by atoms with E-state index in [1.165, 1.54) is 0 Å². The molecule has 3 heteroatoms. The van der Waals surface area contributed by atoms with Gasteiger partial charge in [-0.05, 0) is 6.92 Å². The van der Waals surface area contributed by atoms with Gasteiger partial charge in [0, 0.05) is 0 Å². The maximum Gasteiger partial charge on any atom is 0.305 e. The highest BCUT2D eigenvalue weighted by Gasteiger charge is 1.98. The Morgan fingerprint density at radius 1 is 1.90 bits per heavy atom. The Hall–Kier alpha value is -0.830. The topological polar surface area (TPSA) is 46.5 Å². The van der Waals surface area contributed by atoms with Crippen LogP contribution in [0.4, 0.5) is 0 Å². The van der Waals surface area contributed by atoms with E-state index in [4.69, 9.17) is 9.84 Å². The van der Waals surface area contributed by atoms with E-state index in [-0.39, 0.29) is 19.1 Å². The van der Waals surface area contributed by atoms with Crippen LogP contribution in [0, 0.1) is 0 Å². The molecule has 0 aromatic heterocycles. The van der Waals surface area contributed by atoms with Gasteiger partial charge < -0.3 is 9.84 Å². The molecule has 0 fully saturated rings. The molecule has 1 unspecified atom stereocenters. The molecule has 0 aliphatic carbocycles. The van der Waals surface area contributed by atoms with Gasteiger partial charge in [-0.15, -0.1) is 6.58 Å². The summed E-state index contributed by atoms with van der Waals surface area (Å²) in [5, 5.41) is 8.19. The van der Waals surface area contributed by atoms with Gasteiger partial charge in [0.2, 0.25) is 0 Å². The number of carboxylic acids is 1. The third-order valence-electron chi connectivity index (χ3n) is 1.03. The fraction of sp³-hybridized carbons (Fsp3) is 0.571. The van der Waals surface area contributed by atoms with Crippen LogP contribution >= 0.6 is 0 Å². The van der Waals surface area contributed by atoms with Crippen molar-refractivity contribution >= 4 is 5.97 Å². The van der Waals surface area contributed by atoms with Crippen LogP contribution in [-0.4, -0.2) is 23.8 Å². The molecular formula is C7H12O3. The fourth-order valence-electron chi connectivity index (χ4n) is 0.400. The molecule has 0 aliphatic heterocycles. The first-order valence-electron chi connectivity index (χ1n) is 3.12. The molecule has 1 atom stereocenters. The summed E-state index contributed by atoms with van der Waals surface area (Å²) in [6.45, 7) is 5.55. The molecule has 0 bridgehead atoms. The normalized spacial score (nSPS) is 12.5. The molecule has 0 heterocycles. The van der Waals surface area contributed by atoms with Crippen LogP contribution in [0.15, 0.2) is 12.7 Å². The molecule has 0 saturated heterocycles. The summed E-state index contributed by atoms with van der Waals surface area (Å²) >= 11 is 0. The molecule has 0 amide bonds. The van der Waals surface area contributed by atoms with E-state index < -0.39 is 5.97 Å². The average Bonchev–Trinajstić information content (AvgIpc) is 1.87. The molecule has 0 saturated carbocycles. The van der Waals surface area contributed by atoms with E-state index in [0.29, 0.717) is 0 Å². The van der Waals surface area contributed by atoms with Crippen LogP contribution in [0.3, 0.4) is 0 Å². The number of carbonyl (C=O) groups is 1. The van der Waals surface area contributed by atoms with Crippen molar-refractivity contribution in [1.29, 1.82) is 0 Å². The van der Waals surface area contributed by atoms with Gasteiger partial charge >= 0.3 is 5.97 Å². The number of carboxylic acid groups (broad SMARTS) is 1. The number of rotatable bonds is 5. The SMILES string of the molecule is C=CC(C)OCCC(=O)O. The van der Waals surface area contributed by atoms with E-state index in [1.54, 1.807) is 6.08 Å². The lowest BCUT2D eigenvalue weighted by molar-refractivity contribution is -0.138. The zero-order chi connectivity index (χ0) is 7.98. The van der Waals surface area contributed by atoms with Gasteiger partial charge in [0.15, 0.2) is 0 Å². The summed E-state index contributed by atoms with van der Waals surface area (Å²) in [7, 11) is 0. The highest BCUT2D eigenvalue weighted by molar-refractivity contribution is 5.66. The maximum atomic E-state index is 9.96. The van der Waals surface area contributed by atoms with Gasteiger partial charge in [-0.1, -0.05) is 6.08 Å². The van der Waals surface area contributed by atoms with E-state index in [2.05, 4.69) is 6.58 Å². The predicted molar refractivity (Wildman–Crippen MR) is 37.9 cm³/mol. The highest BCUT2D eigenvalue weighted by Crippen LogP contribution is 1.92. The lowest BCUT2D eigenvalue weighted by Gasteiger charge is -2.05. The Kier molecular flexibility index (Phi) is 4.58. The van der Waals surface area contributed by atoms with Crippen LogP contribution in [0.5, 0.6) is 0 Å². The van der Waals surface area contributed by atoms with Crippen LogP contribution in [-0.2, 0) is 9.53 Å². The van der Waals surface area contributed by atoms with Crippen molar-refractivity contribution in [3.05, 3.63) is 12.7 Å². The third-order valence-corrected chi connectivity index (χ3v) is 1.03. The van der Waals surface area contributed by atoms with Gasteiger partial charge in [0.05, 0.1) is 19.1 Å². The second-order valence-corrected chi connectivity index (χ2v) is 1.96. The van der Waals surface area contributed by atoms with E-state index in [0.717, 1.165) is 0 Å². The lowest BCUT2D eigenvalue weighted by atomic mass is 10.4. The standard InChI is InChI=1S/C7H12O3/c1-3-6(2)10-5-4-7(8)9/h3,6H,1,4-5H2,2H3,(H,8,9). The number of ether oxygens (including phenoxy) is 1. The van der Waals surface area contributed by atoms with E-state index in [1.807, 2.05) is 6.92 Å². The Morgan fingerprint density at radius 3 is 2.90 bits per heavy atom. The summed E-state index contributed by atoms with van der Waals surface area (Å²) < 4.78 is 5.00. The monoisotopic (exact) mass is 144 g/mol. The number of aliphatic carboxylic acids is 1. The van der Waals surface area contributed by atoms with Gasteiger partial charge in [0.1, 0.15) is 0 Å². The predicted octanol–water partition coefficient (Wildman–Crippen LogP) is 1.05. The summed E-state index contributed by atoms with van der Waals surface area (Å²) in [5.74, 6) is -0.837. The molecule has 58 valence electrons. The smallest absolute Gasteiger partial charge is 0.305 e. The maximum absolute atomic E-state index is 9.96. The molecule has 3 nitrogen and oxygen atoms in total.